The van der Waals surface area contributed by atoms with Gasteiger partial charge in [-0.2, -0.15) is 4.98 Å². The Labute approximate surface area is 224 Å². The predicted molar refractivity (Wildman–Crippen MR) is 147 cm³/mol. The number of nitrogens with zero attached hydrogens (tertiary/aromatic N) is 4. The first kappa shape index (κ1) is 26.1. The van der Waals surface area contributed by atoms with Crippen molar-refractivity contribution < 1.29 is 18.3 Å². The number of carbonyl (C=O) groups excluding carboxylic acids is 1. The summed E-state index contributed by atoms with van der Waals surface area (Å²) in [5, 5.41) is 0.414. The van der Waals surface area contributed by atoms with Crippen molar-refractivity contribution in [2.45, 2.75) is 26.8 Å². The van der Waals surface area contributed by atoms with Gasteiger partial charge in [0.05, 0.1) is 11.2 Å². The van der Waals surface area contributed by atoms with Crippen molar-refractivity contribution in [3.8, 4) is 17.2 Å². The predicted octanol–water partition coefficient (Wildman–Crippen LogP) is 5.30. The molecule has 0 saturated carbocycles. The van der Waals surface area contributed by atoms with E-state index in [1.807, 2.05) is 43.9 Å². The molecule has 1 aliphatic heterocycles. The molecule has 0 N–H and O–H groups in total. The second kappa shape index (κ2) is 10.3. The summed E-state index contributed by atoms with van der Waals surface area (Å²) in [5.41, 5.74) is 2.19. The lowest BCUT2D eigenvalue weighted by atomic mass is 10.1. The molecular formula is C30H28F2N4O3. The Morgan fingerprint density at radius 1 is 1.08 bits per heavy atom. The number of halogens is 2. The molecule has 0 unspecified atom stereocenters. The summed E-state index contributed by atoms with van der Waals surface area (Å²) in [5.74, 6) is -1.08. The van der Waals surface area contributed by atoms with Crippen molar-refractivity contribution >= 4 is 22.6 Å². The van der Waals surface area contributed by atoms with Crippen molar-refractivity contribution in [1.82, 2.24) is 14.5 Å². The summed E-state index contributed by atoms with van der Waals surface area (Å²) in [6.07, 6.45) is 1.28. The van der Waals surface area contributed by atoms with Crippen LogP contribution in [-0.4, -0.2) is 46.0 Å². The van der Waals surface area contributed by atoms with Gasteiger partial charge in [-0.15, -0.1) is 0 Å². The number of piperazine rings is 1. The Hall–Kier alpha value is -4.53. The van der Waals surface area contributed by atoms with Gasteiger partial charge in [-0.1, -0.05) is 30.8 Å². The van der Waals surface area contributed by atoms with E-state index < -0.39 is 17.3 Å². The van der Waals surface area contributed by atoms with Crippen molar-refractivity contribution in [2.75, 3.05) is 24.5 Å². The molecule has 1 amide bonds. The van der Waals surface area contributed by atoms with E-state index in [4.69, 9.17) is 4.74 Å². The van der Waals surface area contributed by atoms with Gasteiger partial charge in [0.2, 0.25) is 5.91 Å². The summed E-state index contributed by atoms with van der Waals surface area (Å²) in [6.45, 7) is 10.5. The first-order valence-electron chi connectivity index (χ1n) is 12.6. The summed E-state index contributed by atoms with van der Waals surface area (Å²) >= 11 is 0. The molecular weight excluding hydrogens is 502 g/mol. The molecule has 39 heavy (non-hydrogen) atoms. The van der Waals surface area contributed by atoms with Crippen LogP contribution < -0.4 is 15.3 Å². The van der Waals surface area contributed by atoms with Gasteiger partial charge in [-0.05, 0) is 56.2 Å². The van der Waals surface area contributed by atoms with Crippen LogP contribution in [0.2, 0.25) is 0 Å². The smallest absolute Gasteiger partial charge is 0.354 e. The number of rotatable bonds is 5. The second-order valence-corrected chi connectivity index (χ2v) is 9.68. The Morgan fingerprint density at radius 3 is 2.46 bits per heavy atom. The number of ether oxygens (including phenoxy) is 1. The molecule has 1 aliphatic rings. The first-order chi connectivity index (χ1) is 18.7. The standard InChI is InChI=1S/C30H28F2N4O3/c1-5-27(37)34-12-13-35(20(4)17-34)29-23-15-24(32)26(39-22-11-7-10-21(31)14-22)16-25(23)36(30(38)33-29)28-18(2)8-6-9-19(28)3/h5-11,14-16,20H,1,12-13,17H2,2-4H3/t20-/m0/s1. The lowest BCUT2D eigenvalue weighted by molar-refractivity contribution is -0.126. The normalized spacial score (nSPS) is 15.5. The summed E-state index contributed by atoms with van der Waals surface area (Å²) in [6, 6.07) is 13.6. The largest absolute Gasteiger partial charge is 0.454 e. The molecule has 7 nitrogen and oxygen atoms in total. The molecule has 9 heteroatoms. The molecule has 1 atom stereocenters. The van der Waals surface area contributed by atoms with Crippen LogP contribution in [0.5, 0.6) is 11.5 Å². The number of hydrogen-bond acceptors (Lipinski definition) is 5. The molecule has 0 bridgehead atoms. The number of amides is 1. The number of fused-ring (bicyclic) bond motifs is 1. The fraction of sp³-hybridized carbons (Fsp3) is 0.233. The molecule has 0 aliphatic carbocycles. The molecule has 0 radical (unpaired) electrons. The number of para-hydroxylation sites is 1. The highest BCUT2D eigenvalue weighted by Gasteiger charge is 2.29. The van der Waals surface area contributed by atoms with Crippen LogP contribution in [0.4, 0.5) is 14.6 Å². The van der Waals surface area contributed by atoms with Crippen LogP contribution in [-0.2, 0) is 4.79 Å². The van der Waals surface area contributed by atoms with Crippen LogP contribution in [0, 0.1) is 25.5 Å². The zero-order valence-electron chi connectivity index (χ0n) is 21.9. The van der Waals surface area contributed by atoms with Gasteiger partial charge in [-0.3, -0.25) is 9.36 Å². The average Bonchev–Trinajstić information content (AvgIpc) is 2.90. The van der Waals surface area contributed by atoms with Gasteiger partial charge in [0.1, 0.15) is 17.4 Å². The monoisotopic (exact) mass is 530 g/mol. The second-order valence-electron chi connectivity index (χ2n) is 9.68. The Kier molecular flexibility index (Phi) is 6.91. The molecule has 1 aromatic heterocycles. The van der Waals surface area contributed by atoms with E-state index in [0.29, 0.717) is 42.0 Å². The topological polar surface area (TPSA) is 67.7 Å². The molecule has 4 aromatic rings. The summed E-state index contributed by atoms with van der Waals surface area (Å²) < 4.78 is 36.5. The van der Waals surface area contributed by atoms with E-state index in [2.05, 4.69) is 11.6 Å². The lowest BCUT2D eigenvalue weighted by Crippen LogP contribution is -2.54. The minimum absolute atomic E-state index is 0.125. The first-order valence-corrected chi connectivity index (χ1v) is 12.6. The number of aromatic nitrogens is 2. The van der Waals surface area contributed by atoms with E-state index in [1.54, 1.807) is 4.90 Å². The maximum Gasteiger partial charge on any atom is 0.354 e. The average molecular weight is 531 g/mol. The molecule has 200 valence electrons. The van der Waals surface area contributed by atoms with Gasteiger partial charge in [-0.25, -0.2) is 13.6 Å². The fourth-order valence-electron chi connectivity index (χ4n) is 5.14. The van der Waals surface area contributed by atoms with Gasteiger partial charge >= 0.3 is 5.69 Å². The number of benzene rings is 3. The Morgan fingerprint density at radius 2 is 1.79 bits per heavy atom. The van der Waals surface area contributed by atoms with Gasteiger partial charge < -0.3 is 14.5 Å². The maximum atomic E-state index is 15.5. The van der Waals surface area contributed by atoms with Crippen molar-refractivity contribution in [2.24, 2.45) is 0 Å². The third kappa shape index (κ3) is 4.87. The highest BCUT2D eigenvalue weighted by Crippen LogP contribution is 2.35. The SMILES string of the molecule is C=CC(=O)N1CCN(c2nc(=O)n(-c3c(C)cccc3C)c3cc(Oc4cccc(F)c4)c(F)cc23)[C@@H](C)C1. The summed E-state index contributed by atoms with van der Waals surface area (Å²) in [4.78, 5) is 33.9. The Bertz CT molecular complexity index is 1650. The van der Waals surface area contributed by atoms with Crippen LogP contribution in [0.15, 0.2) is 72.0 Å². The van der Waals surface area contributed by atoms with E-state index >= 15 is 4.39 Å². The quantitative estimate of drug-likeness (QED) is 0.328. The van der Waals surface area contributed by atoms with E-state index in [9.17, 15) is 14.0 Å². The van der Waals surface area contributed by atoms with Crippen molar-refractivity contribution in [3.05, 3.63) is 100 Å². The molecule has 5 rings (SSSR count). The van der Waals surface area contributed by atoms with Gasteiger partial charge in [0.15, 0.2) is 11.6 Å². The minimum Gasteiger partial charge on any atom is -0.454 e. The third-order valence-corrected chi connectivity index (χ3v) is 7.00. The third-order valence-electron chi connectivity index (χ3n) is 7.00. The fourth-order valence-corrected chi connectivity index (χ4v) is 5.14. The van der Waals surface area contributed by atoms with Gasteiger partial charge in [0, 0.05) is 43.2 Å². The highest BCUT2D eigenvalue weighted by atomic mass is 19.1. The number of hydrogen-bond donors (Lipinski definition) is 0. The van der Waals surface area contributed by atoms with E-state index in [-0.39, 0.29) is 23.4 Å². The molecule has 1 fully saturated rings. The van der Waals surface area contributed by atoms with Crippen LogP contribution >= 0.6 is 0 Å². The zero-order valence-corrected chi connectivity index (χ0v) is 21.9. The Balaban J connectivity index is 1.72. The van der Waals surface area contributed by atoms with Gasteiger partial charge in [0.25, 0.3) is 0 Å². The molecule has 2 heterocycles. The lowest BCUT2D eigenvalue weighted by Gasteiger charge is -2.40. The minimum atomic E-state index is -0.686. The van der Waals surface area contributed by atoms with Crippen LogP contribution in [0.3, 0.4) is 0 Å². The number of aryl methyl sites for hydroxylation is 2. The van der Waals surface area contributed by atoms with Crippen molar-refractivity contribution in [3.63, 3.8) is 0 Å². The number of anilines is 1. The number of carbonyl (C=O) groups is 1. The molecule has 3 aromatic carbocycles. The van der Waals surface area contributed by atoms with Crippen LogP contribution in [0.1, 0.15) is 18.1 Å². The van der Waals surface area contributed by atoms with Crippen molar-refractivity contribution in [1.29, 1.82) is 0 Å². The van der Waals surface area contributed by atoms with E-state index in [0.717, 1.165) is 17.2 Å². The maximum absolute atomic E-state index is 15.5. The summed E-state index contributed by atoms with van der Waals surface area (Å²) in [7, 11) is 0. The highest BCUT2D eigenvalue weighted by molar-refractivity contribution is 5.93. The van der Waals surface area contributed by atoms with E-state index in [1.165, 1.54) is 41.0 Å². The van der Waals surface area contributed by atoms with Crippen LogP contribution in [0.25, 0.3) is 16.6 Å². The molecule has 1 saturated heterocycles. The zero-order chi connectivity index (χ0) is 27.8. The molecule has 0 spiro atoms.